The predicted octanol–water partition coefficient (Wildman–Crippen LogP) is 1.75. The van der Waals surface area contributed by atoms with Crippen molar-refractivity contribution in [1.82, 2.24) is 30.5 Å². The summed E-state index contributed by atoms with van der Waals surface area (Å²) in [5, 5.41) is 15.8. The highest BCUT2D eigenvalue weighted by Gasteiger charge is 2.28. The number of methoxy groups -OCH3 is 1. The highest BCUT2D eigenvalue weighted by atomic mass is 16.5. The van der Waals surface area contributed by atoms with Crippen molar-refractivity contribution in [2.24, 2.45) is 0 Å². The third kappa shape index (κ3) is 3.07. The lowest BCUT2D eigenvalue weighted by molar-refractivity contribution is -0.123. The van der Waals surface area contributed by atoms with Gasteiger partial charge in [0.15, 0.2) is 5.82 Å². The van der Waals surface area contributed by atoms with Gasteiger partial charge in [0.1, 0.15) is 5.75 Å². The number of tetrazole rings is 1. The summed E-state index contributed by atoms with van der Waals surface area (Å²) in [4.78, 5) is 16.0. The van der Waals surface area contributed by atoms with E-state index in [0.717, 1.165) is 48.2 Å². The third-order valence-corrected chi connectivity index (χ3v) is 4.64. The number of nitrogens with zero attached hydrogens (tertiary/aromatic N) is 4. The van der Waals surface area contributed by atoms with Crippen molar-refractivity contribution in [3.63, 3.8) is 0 Å². The molecule has 8 nitrogen and oxygen atoms in total. The van der Waals surface area contributed by atoms with Gasteiger partial charge in [-0.3, -0.25) is 4.79 Å². The van der Waals surface area contributed by atoms with Crippen LogP contribution in [0.3, 0.4) is 0 Å². The van der Waals surface area contributed by atoms with Crippen LogP contribution in [0.5, 0.6) is 5.75 Å². The number of hydrogen-bond acceptors (Lipinski definition) is 5. The van der Waals surface area contributed by atoms with Crippen LogP contribution in [0, 0.1) is 0 Å². The fraction of sp³-hybridized carbons (Fsp3) is 0.412. The zero-order valence-electron chi connectivity index (χ0n) is 14.0. The molecule has 8 heteroatoms. The van der Waals surface area contributed by atoms with Crippen molar-refractivity contribution in [2.45, 2.75) is 38.3 Å². The molecule has 0 aliphatic carbocycles. The van der Waals surface area contributed by atoms with Crippen LogP contribution in [0.25, 0.3) is 10.9 Å². The molecule has 0 radical (unpaired) electrons. The van der Waals surface area contributed by atoms with Crippen LogP contribution >= 0.6 is 0 Å². The van der Waals surface area contributed by atoms with Crippen molar-refractivity contribution in [1.29, 1.82) is 0 Å². The second kappa shape index (κ2) is 6.54. The maximum Gasteiger partial charge on any atom is 0.231 e. The predicted molar refractivity (Wildman–Crippen MR) is 91.1 cm³/mol. The van der Waals surface area contributed by atoms with E-state index in [2.05, 4.69) is 25.8 Å². The van der Waals surface area contributed by atoms with Gasteiger partial charge >= 0.3 is 0 Å². The number of nitrogens with one attached hydrogen (secondary N) is 2. The summed E-state index contributed by atoms with van der Waals surface area (Å²) >= 11 is 0. The summed E-state index contributed by atoms with van der Waals surface area (Å²) < 4.78 is 6.98. The summed E-state index contributed by atoms with van der Waals surface area (Å²) in [6.07, 6.45) is 2.75. The monoisotopic (exact) mass is 340 g/mol. The number of aromatic nitrogens is 5. The van der Waals surface area contributed by atoms with Crippen LogP contribution in [0.15, 0.2) is 24.3 Å². The van der Waals surface area contributed by atoms with Gasteiger partial charge in [-0.05, 0) is 47.5 Å². The van der Waals surface area contributed by atoms with Gasteiger partial charge in [-0.25, -0.2) is 4.68 Å². The van der Waals surface area contributed by atoms with E-state index in [1.807, 2.05) is 24.3 Å². The van der Waals surface area contributed by atoms with Crippen molar-refractivity contribution in [2.75, 3.05) is 7.11 Å². The number of carbonyl (C=O) groups excluding carboxylic acids is 1. The van der Waals surface area contributed by atoms with Crippen molar-refractivity contribution in [3.05, 3.63) is 35.8 Å². The Kier molecular flexibility index (Phi) is 4.09. The van der Waals surface area contributed by atoms with Crippen LogP contribution < -0.4 is 10.1 Å². The lowest BCUT2D eigenvalue weighted by Crippen LogP contribution is -2.30. The fourth-order valence-electron chi connectivity index (χ4n) is 3.31. The molecule has 2 N–H and O–H groups in total. The molecule has 1 aliphatic rings. The Morgan fingerprint density at radius 3 is 3.20 bits per heavy atom. The van der Waals surface area contributed by atoms with E-state index >= 15 is 0 Å². The van der Waals surface area contributed by atoms with Crippen LogP contribution in [-0.4, -0.2) is 38.2 Å². The van der Waals surface area contributed by atoms with E-state index in [0.29, 0.717) is 12.4 Å². The molecule has 3 aromatic rings. The maximum absolute atomic E-state index is 12.6. The molecule has 1 atom stereocenters. The Morgan fingerprint density at radius 1 is 1.40 bits per heavy atom. The minimum absolute atomic E-state index is 0.0332. The van der Waals surface area contributed by atoms with E-state index in [9.17, 15) is 4.79 Å². The Bertz CT molecular complexity index is 900. The highest BCUT2D eigenvalue weighted by Crippen LogP contribution is 2.25. The van der Waals surface area contributed by atoms with Gasteiger partial charge in [0, 0.05) is 23.1 Å². The van der Waals surface area contributed by atoms with Crippen LogP contribution in [-0.2, 0) is 17.9 Å². The molecule has 0 bridgehead atoms. The molecule has 1 aromatic carbocycles. The van der Waals surface area contributed by atoms with Gasteiger partial charge in [-0.2, -0.15) is 0 Å². The first-order valence-corrected chi connectivity index (χ1v) is 8.44. The van der Waals surface area contributed by atoms with Gasteiger partial charge in [0.05, 0.1) is 19.6 Å². The number of H-pyrrole nitrogens is 1. The molecule has 1 unspecified atom stereocenters. The highest BCUT2D eigenvalue weighted by molar-refractivity contribution is 5.84. The maximum atomic E-state index is 12.6. The minimum Gasteiger partial charge on any atom is -0.497 e. The molecule has 130 valence electrons. The molecule has 3 heterocycles. The van der Waals surface area contributed by atoms with E-state index in [1.165, 1.54) is 0 Å². The topological polar surface area (TPSA) is 97.7 Å². The first-order valence-electron chi connectivity index (χ1n) is 8.44. The third-order valence-electron chi connectivity index (χ3n) is 4.64. The standard InChI is InChI=1S/C17H20N6O2/c1-25-13-5-6-15-11(9-13)8-12(19-15)10-18-17(24)14-4-2-3-7-23-16(14)20-21-22-23/h5-6,8-9,14,19H,2-4,7,10H2,1H3,(H,18,24). The second-order valence-corrected chi connectivity index (χ2v) is 6.27. The quantitative estimate of drug-likeness (QED) is 0.754. The Hall–Kier alpha value is -2.90. The summed E-state index contributed by atoms with van der Waals surface area (Å²) in [7, 11) is 1.65. The van der Waals surface area contributed by atoms with Crippen LogP contribution in [0.4, 0.5) is 0 Å². The lowest BCUT2D eigenvalue weighted by Gasteiger charge is -2.12. The van der Waals surface area contributed by atoms with E-state index in [-0.39, 0.29) is 11.8 Å². The first kappa shape index (κ1) is 15.6. The number of benzene rings is 1. The van der Waals surface area contributed by atoms with Gasteiger partial charge in [0.25, 0.3) is 0 Å². The normalized spacial score (nSPS) is 17.1. The minimum atomic E-state index is -0.290. The molecule has 25 heavy (non-hydrogen) atoms. The summed E-state index contributed by atoms with van der Waals surface area (Å²) in [5.41, 5.74) is 1.97. The van der Waals surface area contributed by atoms with Gasteiger partial charge < -0.3 is 15.0 Å². The second-order valence-electron chi connectivity index (χ2n) is 6.27. The van der Waals surface area contributed by atoms with Crippen molar-refractivity contribution < 1.29 is 9.53 Å². The molecule has 4 rings (SSSR count). The number of carbonyl (C=O) groups is 1. The molecule has 1 amide bonds. The molecule has 0 fully saturated rings. The Labute approximate surface area is 144 Å². The molecular formula is C17H20N6O2. The molecule has 0 saturated carbocycles. The lowest BCUT2D eigenvalue weighted by atomic mass is 10.0. The summed E-state index contributed by atoms with van der Waals surface area (Å²) in [5.74, 6) is 1.15. The number of hydrogen-bond donors (Lipinski definition) is 2. The van der Waals surface area contributed by atoms with Crippen molar-refractivity contribution in [3.8, 4) is 5.75 Å². The molecule has 0 saturated heterocycles. The van der Waals surface area contributed by atoms with Gasteiger partial charge in [0.2, 0.25) is 5.91 Å². The SMILES string of the molecule is COc1ccc2[nH]c(CNC(=O)C3CCCCn4nnnc43)cc2c1. The number of amides is 1. The van der Waals surface area contributed by atoms with Gasteiger partial charge in [-0.1, -0.05) is 6.42 Å². The largest absolute Gasteiger partial charge is 0.497 e. The number of rotatable bonds is 4. The number of aryl methyl sites for hydroxylation is 1. The summed E-state index contributed by atoms with van der Waals surface area (Å²) in [6.45, 7) is 1.21. The number of ether oxygens (including phenoxy) is 1. The average Bonchev–Trinajstić information content (AvgIpc) is 3.21. The van der Waals surface area contributed by atoms with Crippen LogP contribution in [0.2, 0.25) is 0 Å². The number of aromatic amines is 1. The van der Waals surface area contributed by atoms with Crippen molar-refractivity contribution >= 4 is 16.8 Å². The molecular weight excluding hydrogens is 320 g/mol. The fourth-order valence-corrected chi connectivity index (χ4v) is 3.31. The Balaban J connectivity index is 1.47. The molecule has 0 spiro atoms. The molecule has 2 aromatic heterocycles. The van der Waals surface area contributed by atoms with E-state index in [4.69, 9.17) is 4.74 Å². The zero-order valence-corrected chi connectivity index (χ0v) is 14.0. The smallest absolute Gasteiger partial charge is 0.231 e. The van der Waals surface area contributed by atoms with E-state index in [1.54, 1.807) is 11.8 Å². The average molecular weight is 340 g/mol. The molecule has 1 aliphatic heterocycles. The zero-order chi connectivity index (χ0) is 17.2. The number of fused-ring (bicyclic) bond motifs is 2. The summed E-state index contributed by atoms with van der Waals surface area (Å²) in [6, 6.07) is 7.87. The van der Waals surface area contributed by atoms with Gasteiger partial charge in [-0.15, -0.1) is 5.10 Å². The first-order chi connectivity index (χ1) is 12.2. The van der Waals surface area contributed by atoms with Crippen LogP contribution in [0.1, 0.15) is 36.7 Å². The van der Waals surface area contributed by atoms with E-state index < -0.39 is 0 Å². The Morgan fingerprint density at radius 2 is 2.32 bits per heavy atom.